The molecule has 2 bridgehead atoms. The number of carbonyl (C=O) groups is 1. The molecule has 4 heterocycles. The highest BCUT2D eigenvalue weighted by atomic mass is 16.2. The van der Waals surface area contributed by atoms with Gasteiger partial charge >= 0.3 is 0 Å². The van der Waals surface area contributed by atoms with Crippen LogP contribution in [0.4, 0.5) is 0 Å². The highest BCUT2D eigenvalue weighted by Crippen LogP contribution is 2.45. The molecule has 6 nitrogen and oxygen atoms in total. The maximum atomic E-state index is 13.5. The lowest BCUT2D eigenvalue weighted by Crippen LogP contribution is -2.55. The third kappa shape index (κ3) is 3.64. The van der Waals surface area contributed by atoms with E-state index in [-0.39, 0.29) is 5.41 Å². The Morgan fingerprint density at radius 3 is 2.67 bits per heavy atom. The highest BCUT2D eigenvalue weighted by molar-refractivity contribution is 5.78. The van der Waals surface area contributed by atoms with Crippen molar-refractivity contribution in [2.45, 2.75) is 83.8 Å². The summed E-state index contributed by atoms with van der Waals surface area (Å²) in [4.78, 5) is 25.4. The highest BCUT2D eigenvalue weighted by Gasteiger charge is 2.44. The molecule has 0 spiro atoms. The maximum absolute atomic E-state index is 13.5. The lowest BCUT2D eigenvalue weighted by atomic mass is 9.78. The molecule has 0 aromatic carbocycles. The molecule has 2 aromatic heterocycles. The Kier molecular flexibility index (Phi) is 5.30. The van der Waals surface area contributed by atoms with E-state index in [1.165, 1.54) is 12.8 Å². The van der Waals surface area contributed by atoms with Crippen LogP contribution in [-0.4, -0.2) is 50.5 Å². The lowest BCUT2D eigenvalue weighted by Gasteiger charge is -2.38. The number of hydrogen-bond acceptors (Lipinski definition) is 4. The van der Waals surface area contributed by atoms with Crippen LogP contribution in [0.5, 0.6) is 0 Å². The monoisotopic (exact) mass is 409 g/mol. The summed E-state index contributed by atoms with van der Waals surface area (Å²) in [6, 6.07) is 4.84. The molecule has 0 unspecified atom stereocenters. The van der Waals surface area contributed by atoms with Crippen LogP contribution in [0, 0.1) is 11.3 Å². The topological polar surface area (TPSA) is 63.1 Å². The fourth-order valence-electron chi connectivity index (χ4n) is 6.17. The lowest BCUT2D eigenvalue weighted by molar-refractivity contribution is -0.137. The number of piperazine rings is 1. The summed E-state index contributed by atoms with van der Waals surface area (Å²) in [5.41, 5.74) is 2.02. The third-order valence-corrected chi connectivity index (χ3v) is 7.52. The molecule has 3 fully saturated rings. The summed E-state index contributed by atoms with van der Waals surface area (Å²) in [7, 11) is 0. The van der Waals surface area contributed by atoms with E-state index in [1.54, 1.807) is 0 Å². The first kappa shape index (κ1) is 20.0. The minimum absolute atomic E-state index is 0.0531. The predicted octanol–water partition coefficient (Wildman–Crippen LogP) is 3.54. The average Bonchev–Trinajstić information content (AvgIpc) is 3.37. The van der Waals surface area contributed by atoms with Gasteiger partial charge in [-0.15, -0.1) is 0 Å². The number of nitrogens with one attached hydrogen (secondary N) is 1. The second kappa shape index (κ2) is 7.95. The van der Waals surface area contributed by atoms with Crippen molar-refractivity contribution in [3.63, 3.8) is 0 Å². The molecule has 2 atom stereocenters. The van der Waals surface area contributed by atoms with Crippen LogP contribution in [0.15, 0.2) is 18.3 Å². The largest absolute Gasteiger partial charge is 0.334 e. The Hall–Kier alpha value is -1.95. The van der Waals surface area contributed by atoms with E-state index in [9.17, 15) is 4.79 Å². The molecule has 2 aliphatic heterocycles. The SMILES string of the molecule is CC(C)Cn1c(CC2(CC(=O)N3[C@@H]4CC[C@H]3CNC4)CCCC2)nc2cccnc21. The second-order valence-electron chi connectivity index (χ2n) is 10.3. The van der Waals surface area contributed by atoms with E-state index in [4.69, 9.17) is 4.98 Å². The number of aromatic nitrogens is 3. The van der Waals surface area contributed by atoms with Crippen LogP contribution < -0.4 is 5.32 Å². The number of nitrogens with zero attached hydrogens (tertiary/aromatic N) is 4. The van der Waals surface area contributed by atoms with Crippen molar-refractivity contribution in [3.05, 3.63) is 24.2 Å². The van der Waals surface area contributed by atoms with E-state index >= 15 is 0 Å². The van der Waals surface area contributed by atoms with Gasteiger partial charge in [-0.05, 0) is 49.1 Å². The number of amides is 1. The molecular formula is C24H35N5O. The standard InChI is InChI=1S/C24H35N5O/c1-17(2)16-28-21(27-20-6-5-11-26-23(20)28)12-24(9-3-4-10-24)13-22(30)29-18-7-8-19(29)15-25-14-18/h5-6,11,17-19,25H,3-4,7-10,12-16H2,1-2H3/t18-,19+. The number of carbonyl (C=O) groups excluding carboxylic acids is 1. The minimum Gasteiger partial charge on any atom is -0.334 e. The minimum atomic E-state index is 0.0531. The van der Waals surface area contributed by atoms with Gasteiger partial charge in [0.1, 0.15) is 11.3 Å². The summed E-state index contributed by atoms with van der Waals surface area (Å²) in [6.07, 6.45) is 10.5. The molecule has 1 N–H and O–H groups in total. The molecule has 5 rings (SSSR count). The molecule has 1 amide bonds. The Labute approximate surface area is 179 Å². The van der Waals surface area contributed by atoms with Gasteiger partial charge in [0, 0.05) is 50.8 Å². The molecule has 0 radical (unpaired) electrons. The molecule has 2 aromatic rings. The van der Waals surface area contributed by atoms with Crippen molar-refractivity contribution in [3.8, 4) is 0 Å². The first-order valence-electron chi connectivity index (χ1n) is 11.9. The Balaban J connectivity index is 1.42. The summed E-state index contributed by atoms with van der Waals surface area (Å²) >= 11 is 0. The smallest absolute Gasteiger partial charge is 0.223 e. The molecule has 6 heteroatoms. The van der Waals surface area contributed by atoms with Crippen molar-refractivity contribution in [1.82, 2.24) is 24.8 Å². The van der Waals surface area contributed by atoms with E-state index in [1.807, 2.05) is 12.3 Å². The van der Waals surface area contributed by atoms with Crippen molar-refractivity contribution in [2.75, 3.05) is 13.1 Å². The van der Waals surface area contributed by atoms with Gasteiger partial charge in [-0.3, -0.25) is 4.79 Å². The number of hydrogen-bond donors (Lipinski definition) is 1. The van der Waals surface area contributed by atoms with Gasteiger partial charge < -0.3 is 14.8 Å². The van der Waals surface area contributed by atoms with Crippen molar-refractivity contribution in [2.24, 2.45) is 11.3 Å². The number of rotatable bonds is 6. The second-order valence-corrected chi connectivity index (χ2v) is 10.3. The number of pyridine rings is 1. The van der Waals surface area contributed by atoms with Crippen LogP contribution in [0.3, 0.4) is 0 Å². The molecule has 3 aliphatic rings. The van der Waals surface area contributed by atoms with Crippen LogP contribution >= 0.6 is 0 Å². The zero-order valence-electron chi connectivity index (χ0n) is 18.4. The molecule has 1 saturated carbocycles. The maximum Gasteiger partial charge on any atom is 0.223 e. The predicted molar refractivity (Wildman–Crippen MR) is 118 cm³/mol. The summed E-state index contributed by atoms with van der Waals surface area (Å²) in [6.45, 7) is 7.34. The molecule has 1 aliphatic carbocycles. The van der Waals surface area contributed by atoms with Crippen molar-refractivity contribution in [1.29, 1.82) is 0 Å². The van der Waals surface area contributed by atoms with Gasteiger partial charge in [-0.1, -0.05) is 26.7 Å². The fraction of sp³-hybridized carbons (Fsp3) is 0.708. The summed E-state index contributed by atoms with van der Waals surface area (Å²) in [5, 5.41) is 3.50. The van der Waals surface area contributed by atoms with E-state index in [2.05, 4.69) is 39.7 Å². The molecular weight excluding hydrogens is 374 g/mol. The van der Waals surface area contributed by atoms with Gasteiger partial charge in [0.2, 0.25) is 5.91 Å². The van der Waals surface area contributed by atoms with Crippen LogP contribution in [0.1, 0.15) is 64.6 Å². The first-order chi connectivity index (χ1) is 14.5. The van der Waals surface area contributed by atoms with Crippen molar-refractivity contribution < 1.29 is 4.79 Å². The van der Waals surface area contributed by atoms with E-state index < -0.39 is 0 Å². The summed E-state index contributed by atoms with van der Waals surface area (Å²) < 4.78 is 2.32. The first-order valence-corrected chi connectivity index (χ1v) is 11.9. The Bertz CT molecular complexity index is 897. The van der Waals surface area contributed by atoms with E-state index in [0.29, 0.717) is 30.3 Å². The van der Waals surface area contributed by atoms with Gasteiger partial charge in [0.15, 0.2) is 5.65 Å². The normalized spacial score (nSPS) is 25.5. The summed E-state index contributed by atoms with van der Waals surface area (Å²) in [5.74, 6) is 2.03. The zero-order valence-corrected chi connectivity index (χ0v) is 18.4. The van der Waals surface area contributed by atoms with Crippen LogP contribution in [-0.2, 0) is 17.8 Å². The van der Waals surface area contributed by atoms with Gasteiger partial charge in [-0.2, -0.15) is 0 Å². The number of imidazole rings is 1. The molecule has 2 saturated heterocycles. The Morgan fingerprint density at radius 1 is 1.23 bits per heavy atom. The third-order valence-electron chi connectivity index (χ3n) is 7.52. The van der Waals surface area contributed by atoms with E-state index in [0.717, 1.165) is 68.7 Å². The molecule has 30 heavy (non-hydrogen) atoms. The van der Waals surface area contributed by atoms with Gasteiger partial charge in [-0.25, -0.2) is 9.97 Å². The Morgan fingerprint density at radius 2 is 1.97 bits per heavy atom. The van der Waals surface area contributed by atoms with Crippen molar-refractivity contribution >= 4 is 17.1 Å². The fourth-order valence-corrected chi connectivity index (χ4v) is 6.17. The van der Waals surface area contributed by atoms with Crippen LogP contribution in [0.25, 0.3) is 11.2 Å². The van der Waals surface area contributed by atoms with Gasteiger partial charge in [0.25, 0.3) is 0 Å². The van der Waals surface area contributed by atoms with Crippen LogP contribution in [0.2, 0.25) is 0 Å². The zero-order chi connectivity index (χ0) is 20.7. The van der Waals surface area contributed by atoms with Gasteiger partial charge in [0.05, 0.1) is 0 Å². The number of fused-ring (bicyclic) bond motifs is 3. The quantitative estimate of drug-likeness (QED) is 0.793. The average molecular weight is 410 g/mol. The molecule has 162 valence electrons.